The summed E-state index contributed by atoms with van der Waals surface area (Å²) in [6.07, 6.45) is 1.26. The van der Waals surface area contributed by atoms with Crippen LogP contribution in [0.2, 0.25) is 0 Å². The third-order valence-electron chi connectivity index (χ3n) is 1.93. The summed E-state index contributed by atoms with van der Waals surface area (Å²) in [4.78, 5) is 10.5. The lowest BCUT2D eigenvalue weighted by Crippen LogP contribution is -2.02. The minimum absolute atomic E-state index is 0.0703. The highest BCUT2D eigenvalue weighted by Crippen LogP contribution is 2.25. The van der Waals surface area contributed by atoms with Crippen molar-refractivity contribution in [2.45, 2.75) is 6.92 Å². The summed E-state index contributed by atoms with van der Waals surface area (Å²) in [6.45, 7) is 1.23. The standard InChI is InChI=1S/C11H9BrF2O3/c1-6(11(15)16)2-3-17-9-5-7(12)4-8(13)10(9)14/h2,4-5H,3H2,1H3,(H,15,16)/b6-2-. The van der Waals surface area contributed by atoms with E-state index in [1.165, 1.54) is 19.1 Å². The van der Waals surface area contributed by atoms with E-state index in [4.69, 9.17) is 9.84 Å². The van der Waals surface area contributed by atoms with Gasteiger partial charge in [0, 0.05) is 10.0 Å². The van der Waals surface area contributed by atoms with Crippen LogP contribution in [-0.4, -0.2) is 17.7 Å². The highest BCUT2D eigenvalue weighted by atomic mass is 79.9. The normalized spacial score (nSPS) is 11.4. The Morgan fingerprint density at radius 2 is 2.18 bits per heavy atom. The van der Waals surface area contributed by atoms with Crippen LogP contribution in [0.15, 0.2) is 28.3 Å². The van der Waals surface area contributed by atoms with Crippen LogP contribution in [0.3, 0.4) is 0 Å². The van der Waals surface area contributed by atoms with Crippen molar-refractivity contribution in [1.82, 2.24) is 0 Å². The second kappa shape index (κ2) is 5.77. The minimum atomic E-state index is -1.10. The lowest BCUT2D eigenvalue weighted by molar-refractivity contribution is -0.132. The molecule has 1 aromatic rings. The molecule has 3 nitrogen and oxygen atoms in total. The molecular weight excluding hydrogens is 298 g/mol. The third kappa shape index (κ3) is 3.81. The predicted octanol–water partition coefficient (Wildman–Crippen LogP) is 3.14. The summed E-state index contributed by atoms with van der Waals surface area (Å²) in [5, 5.41) is 8.56. The number of rotatable bonds is 4. The van der Waals surface area contributed by atoms with Gasteiger partial charge < -0.3 is 9.84 Å². The van der Waals surface area contributed by atoms with Gasteiger partial charge in [0.2, 0.25) is 5.82 Å². The molecule has 0 bridgehead atoms. The van der Waals surface area contributed by atoms with Gasteiger partial charge in [0.25, 0.3) is 0 Å². The van der Waals surface area contributed by atoms with Gasteiger partial charge in [-0.15, -0.1) is 0 Å². The van der Waals surface area contributed by atoms with E-state index in [1.54, 1.807) is 0 Å². The fourth-order valence-electron chi connectivity index (χ4n) is 0.981. The maximum atomic E-state index is 13.2. The molecule has 0 saturated heterocycles. The molecule has 0 amide bonds. The van der Waals surface area contributed by atoms with E-state index in [2.05, 4.69) is 15.9 Å². The molecule has 0 heterocycles. The first-order valence-electron chi connectivity index (χ1n) is 4.59. The summed E-state index contributed by atoms with van der Waals surface area (Å²) >= 11 is 3.00. The van der Waals surface area contributed by atoms with Crippen LogP contribution in [0.4, 0.5) is 8.78 Å². The number of carboxylic acids is 1. The highest BCUT2D eigenvalue weighted by molar-refractivity contribution is 9.10. The molecule has 17 heavy (non-hydrogen) atoms. The molecule has 0 aromatic heterocycles. The Labute approximate surface area is 105 Å². The molecule has 1 N–H and O–H groups in total. The average Bonchev–Trinajstić information content (AvgIpc) is 2.24. The number of halogens is 3. The average molecular weight is 307 g/mol. The van der Waals surface area contributed by atoms with E-state index in [0.29, 0.717) is 4.47 Å². The SMILES string of the molecule is C/C(=C/COc1cc(Br)cc(F)c1F)C(=O)O. The highest BCUT2D eigenvalue weighted by Gasteiger charge is 2.10. The second-order valence-corrected chi connectivity index (χ2v) is 4.12. The van der Waals surface area contributed by atoms with E-state index in [0.717, 1.165) is 6.07 Å². The van der Waals surface area contributed by atoms with Crippen molar-refractivity contribution in [3.8, 4) is 5.75 Å². The molecule has 0 unspecified atom stereocenters. The van der Waals surface area contributed by atoms with Gasteiger partial charge in [-0.1, -0.05) is 15.9 Å². The monoisotopic (exact) mass is 306 g/mol. The van der Waals surface area contributed by atoms with Crippen LogP contribution >= 0.6 is 15.9 Å². The Kier molecular flexibility index (Phi) is 4.62. The summed E-state index contributed by atoms with van der Waals surface area (Å²) in [5.74, 6) is -3.50. The summed E-state index contributed by atoms with van der Waals surface area (Å²) in [7, 11) is 0. The van der Waals surface area contributed by atoms with E-state index in [-0.39, 0.29) is 17.9 Å². The molecule has 0 saturated carbocycles. The van der Waals surface area contributed by atoms with Gasteiger partial charge in [-0.25, -0.2) is 9.18 Å². The first kappa shape index (κ1) is 13.6. The maximum absolute atomic E-state index is 13.2. The molecule has 1 aromatic carbocycles. The molecule has 0 spiro atoms. The summed E-state index contributed by atoms with van der Waals surface area (Å²) in [6, 6.07) is 2.24. The van der Waals surface area contributed by atoms with Gasteiger partial charge in [0.15, 0.2) is 11.6 Å². The van der Waals surface area contributed by atoms with Gasteiger partial charge in [0.1, 0.15) is 6.61 Å². The van der Waals surface area contributed by atoms with Gasteiger partial charge in [-0.2, -0.15) is 4.39 Å². The van der Waals surface area contributed by atoms with Crippen molar-refractivity contribution in [2.24, 2.45) is 0 Å². The third-order valence-corrected chi connectivity index (χ3v) is 2.38. The smallest absolute Gasteiger partial charge is 0.331 e. The Hall–Kier alpha value is -1.43. The lowest BCUT2D eigenvalue weighted by atomic mass is 10.3. The lowest BCUT2D eigenvalue weighted by Gasteiger charge is -2.06. The number of benzene rings is 1. The van der Waals surface area contributed by atoms with Crippen molar-refractivity contribution >= 4 is 21.9 Å². The molecule has 6 heteroatoms. The van der Waals surface area contributed by atoms with E-state index in [9.17, 15) is 13.6 Å². The van der Waals surface area contributed by atoms with Gasteiger partial charge in [-0.05, 0) is 25.1 Å². The molecule has 0 fully saturated rings. The largest absolute Gasteiger partial charge is 0.486 e. The molecule has 0 radical (unpaired) electrons. The Morgan fingerprint density at radius 3 is 2.76 bits per heavy atom. The first-order chi connectivity index (χ1) is 7.91. The van der Waals surface area contributed by atoms with Crippen molar-refractivity contribution in [2.75, 3.05) is 6.61 Å². The van der Waals surface area contributed by atoms with Gasteiger partial charge in [0.05, 0.1) is 0 Å². The first-order valence-corrected chi connectivity index (χ1v) is 5.38. The molecular formula is C11H9BrF2O3. The maximum Gasteiger partial charge on any atom is 0.331 e. The Balaban J connectivity index is 2.77. The van der Waals surface area contributed by atoms with Crippen molar-refractivity contribution in [3.05, 3.63) is 39.9 Å². The minimum Gasteiger partial charge on any atom is -0.486 e. The van der Waals surface area contributed by atoms with E-state index < -0.39 is 17.6 Å². The fourth-order valence-corrected chi connectivity index (χ4v) is 1.39. The van der Waals surface area contributed by atoms with Crippen molar-refractivity contribution in [3.63, 3.8) is 0 Å². The zero-order valence-electron chi connectivity index (χ0n) is 8.84. The predicted molar refractivity (Wildman–Crippen MR) is 60.9 cm³/mol. The van der Waals surface area contributed by atoms with Crippen LogP contribution in [0.1, 0.15) is 6.92 Å². The number of carboxylic acid groups (broad SMARTS) is 1. The van der Waals surface area contributed by atoms with Crippen LogP contribution in [0, 0.1) is 11.6 Å². The Bertz CT molecular complexity index is 472. The van der Waals surface area contributed by atoms with Crippen LogP contribution < -0.4 is 4.74 Å². The fraction of sp³-hybridized carbons (Fsp3) is 0.182. The topological polar surface area (TPSA) is 46.5 Å². The number of hydrogen-bond acceptors (Lipinski definition) is 2. The second-order valence-electron chi connectivity index (χ2n) is 3.20. The number of aliphatic carboxylic acids is 1. The van der Waals surface area contributed by atoms with Crippen molar-refractivity contribution in [1.29, 1.82) is 0 Å². The molecule has 0 atom stereocenters. The molecule has 0 aliphatic carbocycles. The van der Waals surface area contributed by atoms with Crippen LogP contribution in [-0.2, 0) is 4.79 Å². The van der Waals surface area contributed by atoms with Gasteiger partial charge in [-0.3, -0.25) is 0 Å². The van der Waals surface area contributed by atoms with E-state index in [1.807, 2.05) is 0 Å². The van der Waals surface area contributed by atoms with Crippen LogP contribution in [0.5, 0.6) is 5.75 Å². The molecule has 92 valence electrons. The number of ether oxygens (including phenoxy) is 1. The van der Waals surface area contributed by atoms with Crippen molar-refractivity contribution < 1.29 is 23.4 Å². The Morgan fingerprint density at radius 1 is 1.53 bits per heavy atom. The molecule has 0 aliphatic rings. The van der Waals surface area contributed by atoms with Crippen LogP contribution in [0.25, 0.3) is 0 Å². The zero-order valence-corrected chi connectivity index (χ0v) is 10.4. The van der Waals surface area contributed by atoms with Gasteiger partial charge >= 0.3 is 5.97 Å². The summed E-state index contributed by atoms with van der Waals surface area (Å²) < 4.78 is 31.4. The molecule has 0 aliphatic heterocycles. The number of carbonyl (C=O) groups is 1. The van der Waals surface area contributed by atoms with E-state index >= 15 is 0 Å². The quantitative estimate of drug-likeness (QED) is 0.686. The number of hydrogen-bond donors (Lipinski definition) is 1. The zero-order chi connectivity index (χ0) is 13.0. The summed E-state index contributed by atoms with van der Waals surface area (Å²) in [5.41, 5.74) is 0.0703. The molecule has 1 rings (SSSR count).